The van der Waals surface area contributed by atoms with Gasteiger partial charge in [0.15, 0.2) is 28.9 Å². The highest BCUT2D eigenvalue weighted by atomic mass is 35.5. The number of benzene rings is 6. The van der Waals surface area contributed by atoms with Gasteiger partial charge < -0.3 is 37.6 Å². The largest absolute Gasteiger partial charge is 0.443 e. The molecule has 676 valence electrons. The van der Waals surface area contributed by atoms with Gasteiger partial charge in [-0.15, -0.1) is 20.4 Å². The number of ether oxygens (including phenoxy) is 3. The normalized spacial score (nSPS) is 18.8. The maximum atomic E-state index is 11.3. The first-order valence-corrected chi connectivity index (χ1v) is 45.4. The lowest BCUT2D eigenvalue weighted by molar-refractivity contribution is -0.0612. The van der Waals surface area contributed by atoms with Gasteiger partial charge in [-0.25, -0.2) is 79.7 Å². The molecule has 18 aromatic rings. The molecule has 22 rings (SSSR count). The zero-order valence-electron chi connectivity index (χ0n) is 76.8. The molecular weight excluding hydrogens is 1730 g/mol. The molecule has 32 nitrogen and oxygen atoms in total. The molecule has 6 aromatic carbocycles. The van der Waals surface area contributed by atoms with Crippen LogP contribution in [0.5, 0.6) is 11.5 Å². The molecule has 4 saturated carbocycles. The Kier molecular flexibility index (Phi) is 24.8. The van der Waals surface area contributed by atoms with E-state index in [4.69, 9.17) is 72.9 Å². The predicted molar refractivity (Wildman–Crippen MR) is 513 cm³/mol. The Morgan fingerprint density at radius 1 is 0.323 bits per heavy atom. The van der Waals surface area contributed by atoms with E-state index in [9.17, 15) is 5.11 Å². The van der Waals surface area contributed by atoms with E-state index in [1.807, 2.05) is 199 Å². The van der Waals surface area contributed by atoms with Crippen LogP contribution in [0.3, 0.4) is 0 Å². The number of thiocarbonyl (C=S) groups is 2. The number of hydrogen-bond donors (Lipinski definition) is 1. The molecule has 0 saturated heterocycles. The van der Waals surface area contributed by atoms with E-state index in [1.54, 1.807) is 30.9 Å². The Morgan fingerprint density at radius 2 is 0.617 bits per heavy atom. The molecule has 0 aliphatic heterocycles. The van der Waals surface area contributed by atoms with Crippen molar-refractivity contribution < 1.29 is 19.3 Å². The summed E-state index contributed by atoms with van der Waals surface area (Å²) in [5.74, 6) is 19.4. The first-order valence-electron chi connectivity index (χ1n) is 44.2. The number of rotatable bonds is 15. The van der Waals surface area contributed by atoms with Crippen molar-refractivity contribution in [2.45, 2.75) is 181 Å². The average Bonchev–Trinajstić information content (AvgIpc) is 1.73. The van der Waals surface area contributed by atoms with E-state index < -0.39 is 11.2 Å². The van der Waals surface area contributed by atoms with Crippen LogP contribution >= 0.6 is 36.0 Å². The van der Waals surface area contributed by atoms with Gasteiger partial charge in [-0.3, -0.25) is 0 Å². The quantitative estimate of drug-likeness (QED) is 0.0736. The maximum Gasteiger partial charge on any atom is 0.358 e. The smallest absolute Gasteiger partial charge is 0.358 e. The van der Waals surface area contributed by atoms with Gasteiger partial charge in [0.1, 0.15) is 110 Å². The number of fused-ring (bicyclic) bond motifs is 4. The number of imidazole rings is 4. The Morgan fingerprint density at radius 3 is 0.947 bits per heavy atom. The fraction of sp³-hybridized carbons (Fsp3) is 0.327. The lowest BCUT2D eigenvalue weighted by Gasteiger charge is -2.46. The summed E-state index contributed by atoms with van der Waals surface area (Å²) < 4.78 is 33.0. The first-order chi connectivity index (χ1) is 63.9. The van der Waals surface area contributed by atoms with Crippen LogP contribution in [0.4, 0.5) is 0 Å². The van der Waals surface area contributed by atoms with Crippen molar-refractivity contribution in [2.24, 2.45) is 28.2 Å². The van der Waals surface area contributed by atoms with Crippen LogP contribution in [-0.2, 0) is 44.1 Å². The second-order valence-corrected chi connectivity index (χ2v) is 35.9. The van der Waals surface area contributed by atoms with Gasteiger partial charge in [-0.1, -0.05) is 84.9 Å². The van der Waals surface area contributed by atoms with Crippen LogP contribution in [0.15, 0.2) is 182 Å². The molecule has 0 unspecified atom stereocenters. The van der Waals surface area contributed by atoms with Crippen molar-refractivity contribution in [3.63, 3.8) is 0 Å². The molecule has 0 radical (unpaired) electrons. The molecule has 0 atom stereocenters. The van der Waals surface area contributed by atoms with Crippen molar-refractivity contribution >= 4 is 89.9 Å². The Balaban J connectivity index is 0.000000115. The molecule has 0 bridgehead atoms. The molecular formula is C98H101ClN28O4S2. The SMILES string of the molecule is Cc1nc(-n2nc(C)nc2C)cc(C2(O)CC(c3nc4ccccc4n3C)C2)n1.Cc1nc(-n2nc(C)nc2C)cc(C2(OC(=S)Oc3ccccc3)CC(c3nc4ccccc4n3C)C2)n1.Cc1nc(C2CC(c3nc4ccccc4n3C)C2)cc(-n2nc(C)nc2C)n1.Cc1nc(C2CC(c3nc4ccccc4n3C)C2)cc(-n2nc(C)nc2C)n1.S=C(Cl)Oc1ccccc1. The monoisotopic (exact) mass is 1830 g/mol. The van der Waals surface area contributed by atoms with Crippen molar-refractivity contribution in [1.29, 1.82) is 0 Å². The highest BCUT2D eigenvalue weighted by Gasteiger charge is 2.53. The summed E-state index contributed by atoms with van der Waals surface area (Å²) in [7, 11) is 8.31. The van der Waals surface area contributed by atoms with E-state index in [2.05, 4.69) is 178 Å². The molecule has 35 heteroatoms. The summed E-state index contributed by atoms with van der Waals surface area (Å²) >= 11 is 15.4. The van der Waals surface area contributed by atoms with Crippen LogP contribution in [0, 0.1) is 83.1 Å². The minimum absolute atomic E-state index is 0.0196. The fourth-order valence-corrected chi connectivity index (χ4v) is 19.0. The van der Waals surface area contributed by atoms with Crippen LogP contribution < -0.4 is 9.47 Å². The van der Waals surface area contributed by atoms with Gasteiger partial charge in [0, 0.05) is 124 Å². The summed E-state index contributed by atoms with van der Waals surface area (Å²) in [4.78, 5) is 74.0. The highest BCUT2D eigenvalue weighted by molar-refractivity contribution is 7.82. The zero-order valence-corrected chi connectivity index (χ0v) is 79.2. The van der Waals surface area contributed by atoms with E-state index in [0.717, 1.165) is 146 Å². The second kappa shape index (κ2) is 36.9. The van der Waals surface area contributed by atoms with E-state index in [-0.39, 0.29) is 21.6 Å². The third kappa shape index (κ3) is 18.7. The van der Waals surface area contributed by atoms with Crippen LogP contribution in [0.2, 0.25) is 0 Å². The maximum absolute atomic E-state index is 11.3. The second-order valence-electron chi connectivity index (χ2n) is 34.6. The van der Waals surface area contributed by atoms with Gasteiger partial charge in [0.25, 0.3) is 4.51 Å². The zero-order chi connectivity index (χ0) is 93.0. The van der Waals surface area contributed by atoms with Gasteiger partial charge in [-0.05, 0) is 218 Å². The van der Waals surface area contributed by atoms with Crippen molar-refractivity contribution in [1.82, 2.24) is 137 Å². The topological polar surface area (TPSA) is 345 Å². The number of aryl methyl sites for hydroxylation is 16. The summed E-state index contributed by atoms with van der Waals surface area (Å²) in [6.45, 7) is 22.7. The summed E-state index contributed by atoms with van der Waals surface area (Å²) in [6, 6.07) is 59.3. The number of nitrogens with zero attached hydrogens (tertiary/aromatic N) is 28. The predicted octanol–water partition coefficient (Wildman–Crippen LogP) is 17.3. The fourth-order valence-electron chi connectivity index (χ4n) is 18.5. The third-order valence-corrected chi connectivity index (χ3v) is 25.3. The number of aromatic nitrogens is 28. The van der Waals surface area contributed by atoms with E-state index in [1.165, 1.54) is 22.7 Å². The molecule has 0 amide bonds. The highest BCUT2D eigenvalue weighted by Crippen LogP contribution is 2.55. The average molecular weight is 1830 g/mol. The lowest BCUT2D eigenvalue weighted by atomic mass is 9.68. The number of hydrogen-bond acceptors (Lipinski definition) is 26. The number of halogens is 1. The minimum atomic E-state index is -0.991. The molecule has 4 aliphatic carbocycles. The van der Waals surface area contributed by atoms with Crippen molar-refractivity contribution in [2.75, 3.05) is 0 Å². The standard InChI is InChI=1S/C28H27N7O2S.C21H23N7O.2C21H23N7.C7H5ClOS/c1-17-30-24(14-25(31-17)35-19(3)29-18(2)33-35)28(37-27(38)36-21-10-6-5-7-11-21)15-20(16-28)26-32-22-12-8-9-13-23(22)34(26)4;1-12-23-18(9-19(24-12)28-14(3)22-13(2)26-28)21(29)10-15(11-21)20-25-16-7-5-6-8-17(16)27(20)4;2*1-12-23-18(11-20(24-12)28-14(3)22-13(2)26-28)15-9-16(10-15)21-25-17-7-5-6-8-19(17)27(21)4;8-7(10)9-6-4-2-1-3-5-6/h5-14,20H,15-16H2,1-4H3;5-9,15,29H,10-11H2,1-4H3;2*5-8,11,15-16H,9-10H2,1-4H3;1-5H. The Labute approximate surface area is 783 Å². The van der Waals surface area contributed by atoms with Crippen LogP contribution in [0.25, 0.3) is 67.4 Å². The van der Waals surface area contributed by atoms with Crippen LogP contribution in [-0.4, -0.2) is 152 Å². The summed E-state index contributed by atoms with van der Waals surface area (Å²) in [5, 5.41) is 29.2. The molecule has 1 N–H and O–H groups in total. The molecule has 12 aromatic heterocycles. The van der Waals surface area contributed by atoms with Gasteiger partial charge in [-0.2, -0.15) is 18.7 Å². The first kappa shape index (κ1) is 89.5. The number of para-hydroxylation sites is 10. The van der Waals surface area contributed by atoms with Crippen molar-refractivity contribution in [3.05, 3.63) is 298 Å². The molecule has 4 fully saturated rings. The molecule has 4 aliphatic rings. The third-order valence-electron chi connectivity index (χ3n) is 25.0. The van der Waals surface area contributed by atoms with Crippen LogP contribution in [0.1, 0.15) is 203 Å². The summed E-state index contributed by atoms with van der Waals surface area (Å²) in [5.41, 5.74) is 10.4. The Bertz CT molecular complexity index is 7210. The number of aliphatic hydroxyl groups is 1. The molecule has 0 spiro atoms. The van der Waals surface area contributed by atoms with Gasteiger partial charge >= 0.3 is 5.24 Å². The minimum Gasteiger partial charge on any atom is -0.443 e. The summed E-state index contributed by atoms with van der Waals surface area (Å²) in [6.07, 6.45) is 6.65. The Hall–Kier alpha value is -14.1. The lowest BCUT2D eigenvalue weighted by Crippen LogP contribution is -2.46. The molecule has 12 heterocycles. The van der Waals surface area contributed by atoms with Gasteiger partial charge in [0.2, 0.25) is 0 Å². The van der Waals surface area contributed by atoms with Gasteiger partial charge in [0.05, 0.1) is 55.5 Å². The molecule has 133 heavy (non-hydrogen) atoms. The van der Waals surface area contributed by atoms with E-state index >= 15 is 0 Å². The van der Waals surface area contributed by atoms with Crippen molar-refractivity contribution in [3.8, 4) is 34.8 Å². The van der Waals surface area contributed by atoms with E-state index in [0.29, 0.717) is 101 Å².